The van der Waals surface area contributed by atoms with Gasteiger partial charge in [0.2, 0.25) is 0 Å². The molecule has 1 aliphatic rings. The van der Waals surface area contributed by atoms with E-state index >= 15 is 0 Å². The lowest BCUT2D eigenvalue weighted by atomic mass is 10.3. The average molecular weight is 234 g/mol. The molecule has 0 fully saturated rings. The highest BCUT2D eigenvalue weighted by Gasteiger charge is 2.20. The lowest BCUT2D eigenvalue weighted by molar-refractivity contribution is -0.136. The van der Waals surface area contributed by atoms with Gasteiger partial charge in [-0.05, 0) is 19.3 Å². The fourth-order valence-corrected chi connectivity index (χ4v) is 2.15. The Morgan fingerprint density at radius 1 is 1.41 bits per heavy atom. The van der Waals surface area contributed by atoms with Gasteiger partial charge in [-0.2, -0.15) is 9.50 Å². The number of aliphatic carboxylic acids is 1. The maximum atomic E-state index is 12.0. The van der Waals surface area contributed by atoms with Crippen LogP contribution in [0.3, 0.4) is 0 Å². The van der Waals surface area contributed by atoms with Gasteiger partial charge >= 0.3 is 5.97 Å². The average Bonchev–Trinajstić information content (AvgIpc) is 2.83. The molecule has 0 radical (unpaired) electrons. The van der Waals surface area contributed by atoms with E-state index in [-0.39, 0.29) is 23.6 Å². The van der Waals surface area contributed by atoms with Crippen LogP contribution in [0.5, 0.6) is 0 Å². The minimum Gasteiger partial charge on any atom is -0.481 e. The number of H-pyrrole nitrogens is 1. The number of fused-ring (bicyclic) bond motifs is 2. The molecule has 0 amide bonds. The number of carboxylic acids is 1. The van der Waals surface area contributed by atoms with Crippen molar-refractivity contribution >= 4 is 11.7 Å². The molecule has 0 saturated carbocycles. The molecule has 2 heterocycles. The van der Waals surface area contributed by atoms with Gasteiger partial charge in [0.15, 0.2) is 0 Å². The Bertz CT molecular complexity index is 670. The van der Waals surface area contributed by atoms with Crippen LogP contribution < -0.4 is 5.56 Å². The first-order chi connectivity index (χ1) is 8.15. The summed E-state index contributed by atoms with van der Waals surface area (Å²) >= 11 is 0. The molecule has 2 N–H and O–H groups in total. The number of aromatic amines is 1. The maximum absolute atomic E-state index is 12.0. The number of aryl methyl sites for hydroxylation is 1. The Kier molecular flexibility index (Phi) is 2.01. The van der Waals surface area contributed by atoms with E-state index in [1.54, 1.807) is 0 Å². The third-order valence-electron chi connectivity index (χ3n) is 2.88. The van der Waals surface area contributed by atoms with Gasteiger partial charge < -0.3 is 5.11 Å². The Morgan fingerprint density at radius 3 is 3.00 bits per heavy atom. The highest BCUT2D eigenvalue weighted by molar-refractivity contribution is 5.69. The molecule has 0 aliphatic heterocycles. The normalized spacial score (nSPS) is 14.1. The summed E-state index contributed by atoms with van der Waals surface area (Å²) in [5.74, 6) is -0.498. The van der Waals surface area contributed by atoms with E-state index in [1.807, 2.05) is 0 Å². The smallest absolute Gasteiger partial charge is 0.311 e. The van der Waals surface area contributed by atoms with Crippen LogP contribution in [0, 0.1) is 0 Å². The molecular formula is C10H10N4O3. The van der Waals surface area contributed by atoms with Gasteiger partial charge in [0.25, 0.3) is 11.3 Å². The Hall–Kier alpha value is -2.18. The number of aromatic nitrogens is 4. The van der Waals surface area contributed by atoms with Gasteiger partial charge in [-0.25, -0.2) is 4.98 Å². The largest absolute Gasteiger partial charge is 0.481 e. The number of hydrogen-bond donors (Lipinski definition) is 2. The molecule has 1 aliphatic carbocycles. The van der Waals surface area contributed by atoms with Crippen molar-refractivity contribution in [1.82, 2.24) is 19.6 Å². The molecule has 0 spiro atoms. The van der Waals surface area contributed by atoms with E-state index in [4.69, 9.17) is 5.11 Å². The molecule has 7 heteroatoms. The summed E-state index contributed by atoms with van der Waals surface area (Å²) in [6.45, 7) is 0. The van der Waals surface area contributed by atoms with Gasteiger partial charge in [-0.3, -0.25) is 14.7 Å². The molecule has 2 aromatic rings. The maximum Gasteiger partial charge on any atom is 0.311 e. The van der Waals surface area contributed by atoms with Crippen LogP contribution in [-0.2, 0) is 24.1 Å². The molecule has 0 aromatic carbocycles. The van der Waals surface area contributed by atoms with E-state index in [1.165, 1.54) is 4.52 Å². The first-order valence-corrected chi connectivity index (χ1v) is 5.36. The predicted molar refractivity (Wildman–Crippen MR) is 57.0 cm³/mol. The summed E-state index contributed by atoms with van der Waals surface area (Å²) in [6, 6.07) is 0. The van der Waals surface area contributed by atoms with Gasteiger partial charge in [0.1, 0.15) is 12.2 Å². The molecule has 0 bridgehead atoms. The zero-order valence-electron chi connectivity index (χ0n) is 8.93. The first kappa shape index (κ1) is 10.0. The van der Waals surface area contributed by atoms with Crippen LogP contribution >= 0.6 is 0 Å². The number of nitrogens with zero attached hydrogens (tertiary/aromatic N) is 3. The summed E-state index contributed by atoms with van der Waals surface area (Å²) < 4.78 is 1.22. The summed E-state index contributed by atoms with van der Waals surface area (Å²) in [4.78, 5) is 30.9. The Labute approximate surface area is 95.1 Å². The van der Waals surface area contributed by atoms with E-state index in [0.29, 0.717) is 5.56 Å². The molecular weight excluding hydrogens is 224 g/mol. The molecule has 7 nitrogen and oxygen atoms in total. The van der Waals surface area contributed by atoms with E-state index < -0.39 is 5.97 Å². The topological polar surface area (TPSA) is 100 Å². The second kappa shape index (κ2) is 3.41. The quantitative estimate of drug-likeness (QED) is 0.731. The molecule has 0 saturated heterocycles. The van der Waals surface area contributed by atoms with Crippen LogP contribution in [0.15, 0.2) is 4.79 Å². The predicted octanol–water partition coefficient (Wildman–Crippen LogP) is -0.467. The van der Waals surface area contributed by atoms with Crippen molar-refractivity contribution in [1.29, 1.82) is 0 Å². The molecule has 17 heavy (non-hydrogen) atoms. The third kappa shape index (κ3) is 1.50. The fraction of sp³-hybridized carbons (Fsp3) is 0.400. The van der Waals surface area contributed by atoms with Crippen molar-refractivity contribution in [3.05, 3.63) is 27.4 Å². The van der Waals surface area contributed by atoms with Gasteiger partial charge in [0.05, 0.1) is 5.69 Å². The van der Waals surface area contributed by atoms with Crippen molar-refractivity contribution in [2.24, 2.45) is 0 Å². The lowest BCUT2D eigenvalue weighted by Crippen LogP contribution is -2.20. The van der Waals surface area contributed by atoms with E-state index in [9.17, 15) is 9.59 Å². The van der Waals surface area contributed by atoms with Crippen LogP contribution in [0.25, 0.3) is 5.78 Å². The van der Waals surface area contributed by atoms with E-state index in [0.717, 1.165) is 25.0 Å². The van der Waals surface area contributed by atoms with Gasteiger partial charge in [-0.1, -0.05) is 0 Å². The molecule has 88 valence electrons. The Morgan fingerprint density at radius 2 is 2.24 bits per heavy atom. The van der Waals surface area contributed by atoms with Crippen LogP contribution in [0.4, 0.5) is 0 Å². The fourth-order valence-electron chi connectivity index (χ4n) is 2.15. The molecule has 3 rings (SSSR count). The van der Waals surface area contributed by atoms with Crippen molar-refractivity contribution in [2.75, 3.05) is 0 Å². The zero-order chi connectivity index (χ0) is 12.0. The zero-order valence-corrected chi connectivity index (χ0v) is 8.93. The molecule has 2 aromatic heterocycles. The van der Waals surface area contributed by atoms with Crippen molar-refractivity contribution in [2.45, 2.75) is 25.7 Å². The second-order valence-electron chi connectivity index (χ2n) is 4.07. The second-order valence-corrected chi connectivity index (χ2v) is 4.07. The van der Waals surface area contributed by atoms with Crippen LogP contribution in [-0.4, -0.2) is 30.7 Å². The minimum absolute atomic E-state index is 0.161. The number of hydrogen-bond acceptors (Lipinski definition) is 4. The summed E-state index contributed by atoms with van der Waals surface area (Å²) in [6.07, 6.45) is 2.22. The van der Waals surface area contributed by atoms with Crippen molar-refractivity contribution in [3.8, 4) is 0 Å². The van der Waals surface area contributed by atoms with Gasteiger partial charge in [0, 0.05) is 5.56 Å². The minimum atomic E-state index is -0.996. The highest BCUT2D eigenvalue weighted by Crippen LogP contribution is 2.16. The number of nitrogens with one attached hydrogen (secondary N) is 1. The standard InChI is InChI=1S/C10H10N4O3/c15-8(16)4-7-12-10-11-6-3-1-2-5(6)9(17)14(10)13-7/h1-4H2,(H,15,16)(H,11,12,13). The van der Waals surface area contributed by atoms with Gasteiger partial charge in [-0.15, -0.1) is 0 Å². The van der Waals surface area contributed by atoms with Crippen molar-refractivity contribution < 1.29 is 9.90 Å². The Balaban J connectivity index is 2.20. The number of rotatable bonds is 2. The molecule has 0 atom stereocenters. The third-order valence-corrected chi connectivity index (χ3v) is 2.88. The number of carbonyl (C=O) groups is 1. The highest BCUT2D eigenvalue weighted by atomic mass is 16.4. The van der Waals surface area contributed by atoms with Crippen molar-refractivity contribution in [3.63, 3.8) is 0 Å². The first-order valence-electron chi connectivity index (χ1n) is 5.36. The summed E-state index contributed by atoms with van der Waals surface area (Å²) in [5.41, 5.74) is 1.35. The monoisotopic (exact) mass is 234 g/mol. The SMILES string of the molecule is O=C(O)Cc1nc2nc3c(c(=O)n2[nH]1)CCC3. The number of carboxylic acid groups (broad SMARTS) is 1. The van der Waals surface area contributed by atoms with Crippen LogP contribution in [0.2, 0.25) is 0 Å². The molecule has 0 unspecified atom stereocenters. The summed E-state index contributed by atoms with van der Waals surface area (Å²) in [5, 5.41) is 11.3. The lowest BCUT2D eigenvalue weighted by Gasteiger charge is -1.96. The summed E-state index contributed by atoms with van der Waals surface area (Å²) in [7, 11) is 0. The van der Waals surface area contributed by atoms with E-state index in [2.05, 4.69) is 15.1 Å². The van der Waals surface area contributed by atoms with Crippen LogP contribution in [0.1, 0.15) is 23.5 Å².